The molecule has 0 aromatic heterocycles. The Labute approximate surface area is 155 Å². The maximum atomic E-state index is 12.7. The Balaban J connectivity index is 1.66. The predicted octanol–water partition coefficient (Wildman–Crippen LogP) is 2.83. The molecule has 1 aromatic rings. The Hall–Kier alpha value is -1.30. The minimum atomic E-state index is -0.226. The average Bonchev–Trinajstić information content (AvgIpc) is 3.13. The highest BCUT2D eigenvalue weighted by molar-refractivity contribution is 6.31. The smallest absolute Gasteiger partial charge is 0.252 e. The van der Waals surface area contributed by atoms with Gasteiger partial charge >= 0.3 is 0 Å². The second-order valence-corrected chi connectivity index (χ2v) is 7.55. The normalized spacial score (nSPS) is 24.7. The van der Waals surface area contributed by atoms with Crippen molar-refractivity contribution in [3.8, 4) is 0 Å². The van der Waals surface area contributed by atoms with Gasteiger partial charge in [-0.1, -0.05) is 18.5 Å². The molecule has 2 fully saturated rings. The minimum absolute atomic E-state index is 0.173. The van der Waals surface area contributed by atoms with Crippen LogP contribution in [0.2, 0.25) is 5.02 Å². The molecule has 2 atom stereocenters. The molecule has 0 aliphatic carbocycles. The number of hydrogen-bond donors (Lipinski definition) is 1. The number of carbonyl (C=O) groups excluding carboxylic acids is 1. The van der Waals surface area contributed by atoms with Gasteiger partial charge in [-0.05, 0) is 49.4 Å². The first-order chi connectivity index (χ1) is 12.0. The van der Waals surface area contributed by atoms with Gasteiger partial charge in [0.25, 0.3) is 5.91 Å². The molecule has 2 aliphatic rings. The molecule has 1 amide bonds. The van der Waals surface area contributed by atoms with Crippen LogP contribution in [-0.2, 0) is 16.1 Å². The van der Waals surface area contributed by atoms with Crippen LogP contribution in [0.15, 0.2) is 12.1 Å². The fourth-order valence-corrected chi connectivity index (χ4v) is 4.07. The van der Waals surface area contributed by atoms with E-state index in [2.05, 4.69) is 11.8 Å². The van der Waals surface area contributed by atoms with Crippen molar-refractivity contribution < 1.29 is 9.53 Å². The Kier molecular flexibility index (Phi) is 5.87. The summed E-state index contributed by atoms with van der Waals surface area (Å²) in [6.07, 6.45) is 2.57. The van der Waals surface area contributed by atoms with Crippen LogP contribution in [0, 0.1) is 6.92 Å². The van der Waals surface area contributed by atoms with Crippen molar-refractivity contribution in [2.75, 3.05) is 32.0 Å². The van der Waals surface area contributed by atoms with E-state index in [-0.39, 0.29) is 18.1 Å². The Morgan fingerprint density at radius 3 is 2.88 bits per heavy atom. The van der Waals surface area contributed by atoms with E-state index in [0.717, 1.165) is 56.7 Å². The number of carbonyl (C=O) groups is 1. The molecule has 25 heavy (non-hydrogen) atoms. The molecule has 0 saturated carbocycles. The van der Waals surface area contributed by atoms with Crippen LogP contribution in [-0.4, -0.2) is 54.1 Å². The number of nitrogen functional groups attached to an aromatic ring is 1. The summed E-state index contributed by atoms with van der Waals surface area (Å²) in [5.74, 6) is 0.173. The van der Waals surface area contributed by atoms with Crippen LogP contribution in [0.25, 0.3) is 0 Å². The highest BCUT2D eigenvalue weighted by Gasteiger charge is 2.35. The van der Waals surface area contributed by atoms with Crippen molar-refractivity contribution in [3.05, 3.63) is 28.3 Å². The molecule has 138 valence electrons. The minimum Gasteiger partial charge on any atom is -0.398 e. The standard InChI is InChI=1S/C19H28ClN3O2/c1-3-16-12-22(11-14-9-15(20)10-17(21)13(14)2)6-7-23(16)19(24)18-5-4-8-25-18/h9-10,16,18H,3-8,11-12,21H2,1-2H3. The summed E-state index contributed by atoms with van der Waals surface area (Å²) in [4.78, 5) is 17.2. The highest BCUT2D eigenvalue weighted by atomic mass is 35.5. The summed E-state index contributed by atoms with van der Waals surface area (Å²) in [5.41, 5.74) is 9.04. The fourth-order valence-electron chi connectivity index (χ4n) is 3.82. The molecule has 0 radical (unpaired) electrons. The molecule has 6 heteroatoms. The predicted molar refractivity (Wildman–Crippen MR) is 101 cm³/mol. The lowest BCUT2D eigenvalue weighted by Crippen LogP contribution is -2.56. The van der Waals surface area contributed by atoms with E-state index in [9.17, 15) is 4.79 Å². The van der Waals surface area contributed by atoms with E-state index in [1.165, 1.54) is 5.56 Å². The van der Waals surface area contributed by atoms with Crippen LogP contribution in [0.3, 0.4) is 0 Å². The molecule has 0 bridgehead atoms. The molecule has 2 unspecified atom stereocenters. The third-order valence-electron chi connectivity index (χ3n) is 5.44. The first kappa shape index (κ1) is 18.5. The van der Waals surface area contributed by atoms with Crippen LogP contribution in [0.4, 0.5) is 5.69 Å². The second-order valence-electron chi connectivity index (χ2n) is 7.11. The van der Waals surface area contributed by atoms with Gasteiger partial charge in [-0.15, -0.1) is 0 Å². The van der Waals surface area contributed by atoms with E-state index < -0.39 is 0 Å². The first-order valence-corrected chi connectivity index (χ1v) is 9.56. The van der Waals surface area contributed by atoms with E-state index in [0.29, 0.717) is 11.6 Å². The van der Waals surface area contributed by atoms with Crippen LogP contribution in [0.5, 0.6) is 0 Å². The molecule has 2 saturated heterocycles. The number of nitrogens with two attached hydrogens (primary N) is 1. The average molecular weight is 366 g/mol. The number of amides is 1. The number of benzene rings is 1. The maximum Gasteiger partial charge on any atom is 0.252 e. The molecule has 3 rings (SSSR count). The van der Waals surface area contributed by atoms with Crippen molar-refractivity contribution in [1.82, 2.24) is 9.80 Å². The van der Waals surface area contributed by atoms with Gasteiger partial charge in [0.15, 0.2) is 0 Å². The lowest BCUT2D eigenvalue weighted by atomic mass is 10.0. The summed E-state index contributed by atoms with van der Waals surface area (Å²) in [7, 11) is 0. The Bertz CT molecular complexity index is 631. The van der Waals surface area contributed by atoms with Crippen LogP contribution in [0.1, 0.15) is 37.3 Å². The van der Waals surface area contributed by atoms with E-state index in [4.69, 9.17) is 22.1 Å². The van der Waals surface area contributed by atoms with E-state index in [1.54, 1.807) is 6.07 Å². The van der Waals surface area contributed by atoms with Crippen molar-refractivity contribution >= 4 is 23.2 Å². The number of rotatable bonds is 4. The van der Waals surface area contributed by atoms with Gasteiger partial charge in [0.1, 0.15) is 6.10 Å². The van der Waals surface area contributed by atoms with E-state index in [1.807, 2.05) is 17.9 Å². The first-order valence-electron chi connectivity index (χ1n) is 9.18. The molecule has 0 spiro atoms. The number of anilines is 1. The van der Waals surface area contributed by atoms with Gasteiger partial charge in [-0.2, -0.15) is 0 Å². The number of ether oxygens (including phenoxy) is 1. The topological polar surface area (TPSA) is 58.8 Å². The van der Waals surface area contributed by atoms with Crippen molar-refractivity contribution in [2.24, 2.45) is 0 Å². The zero-order valence-corrected chi connectivity index (χ0v) is 15.9. The monoisotopic (exact) mass is 365 g/mol. The zero-order valence-electron chi connectivity index (χ0n) is 15.1. The molecular formula is C19H28ClN3O2. The van der Waals surface area contributed by atoms with Gasteiger partial charge in [-0.3, -0.25) is 9.69 Å². The summed E-state index contributed by atoms with van der Waals surface area (Å²) in [6.45, 7) is 8.20. The number of piperazine rings is 1. The summed E-state index contributed by atoms with van der Waals surface area (Å²) < 4.78 is 5.59. The van der Waals surface area contributed by atoms with Crippen molar-refractivity contribution in [3.63, 3.8) is 0 Å². The zero-order chi connectivity index (χ0) is 18.0. The number of nitrogens with zero attached hydrogens (tertiary/aromatic N) is 2. The molecule has 5 nitrogen and oxygen atoms in total. The molecule has 2 N–H and O–H groups in total. The summed E-state index contributed by atoms with van der Waals surface area (Å²) in [5, 5.41) is 0.678. The second kappa shape index (κ2) is 7.94. The molecule has 2 heterocycles. The third-order valence-corrected chi connectivity index (χ3v) is 5.66. The van der Waals surface area contributed by atoms with Gasteiger partial charge in [0.2, 0.25) is 0 Å². The molecule has 1 aromatic carbocycles. The highest BCUT2D eigenvalue weighted by Crippen LogP contribution is 2.25. The Morgan fingerprint density at radius 2 is 2.20 bits per heavy atom. The SMILES string of the molecule is CCC1CN(Cc2cc(Cl)cc(N)c2C)CCN1C(=O)C1CCCO1. The quantitative estimate of drug-likeness (QED) is 0.833. The van der Waals surface area contributed by atoms with Gasteiger partial charge in [-0.25, -0.2) is 0 Å². The third kappa shape index (κ3) is 4.10. The van der Waals surface area contributed by atoms with Gasteiger partial charge in [0, 0.05) is 49.5 Å². The van der Waals surface area contributed by atoms with Crippen LogP contribution >= 0.6 is 11.6 Å². The lowest BCUT2D eigenvalue weighted by molar-refractivity contribution is -0.146. The molecule has 2 aliphatic heterocycles. The number of halogens is 1. The van der Waals surface area contributed by atoms with Crippen molar-refractivity contribution in [1.29, 1.82) is 0 Å². The Morgan fingerprint density at radius 1 is 1.40 bits per heavy atom. The largest absolute Gasteiger partial charge is 0.398 e. The van der Waals surface area contributed by atoms with E-state index >= 15 is 0 Å². The van der Waals surface area contributed by atoms with Crippen LogP contribution < -0.4 is 5.73 Å². The van der Waals surface area contributed by atoms with Gasteiger partial charge in [0.05, 0.1) is 0 Å². The van der Waals surface area contributed by atoms with Crippen molar-refractivity contribution in [2.45, 2.75) is 51.8 Å². The summed E-state index contributed by atoms with van der Waals surface area (Å²) >= 11 is 6.17. The number of hydrogen-bond acceptors (Lipinski definition) is 4. The lowest BCUT2D eigenvalue weighted by Gasteiger charge is -2.42. The molecular weight excluding hydrogens is 338 g/mol. The van der Waals surface area contributed by atoms with Gasteiger partial charge < -0.3 is 15.4 Å². The summed E-state index contributed by atoms with van der Waals surface area (Å²) in [6, 6.07) is 4.04. The maximum absolute atomic E-state index is 12.7. The fraction of sp³-hybridized carbons (Fsp3) is 0.632.